The van der Waals surface area contributed by atoms with Crippen LogP contribution in [0.15, 0.2) is 21.7 Å². The van der Waals surface area contributed by atoms with Crippen molar-refractivity contribution in [3.63, 3.8) is 0 Å². The fourth-order valence-corrected chi connectivity index (χ4v) is 4.45. The molecule has 4 rings (SSSR count). The maximum absolute atomic E-state index is 12.0. The summed E-state index contributed by atoms with van der Waals surface area (Å²) in [5.74, 6) is 1.94. The molecule has 1 amide bonds. The first-order chi connectivity index (χ1) is 11.5. The van der Waals surface area contributed by atoms with Crippen LogP contribution in [0.25, 0.3) is 0 Å². The average molecular weight is 329 g/mol. The topological polar surface area (TPSA) is 69.7 Å². The highest BCUT2D eigenvalue weighted by atomic mass is 16.2. The summed E-state index contributed by atoms with van der Waals surface area (Å²) < 4.78 is 0. The molecule has 0 spiro atoms. The van der Waals surface area contributed by atoms with E-state index in [1.165, 1.54) is 12.8 Å². The van der Waals surface area contributed by atoms with Gasteiger partial charge in [-0.3, -0.25) is 14.4 Å². The van der Waals surface area contributed by atoms with E-state index in [-0.39, 0.29) is 11.3 Å². The third kappa shape index (κ3) is 2.44. The highest BCUT2D eigenvalue weighted by Crippen LogP contribution is 2.43. The second-order valence-electron chi connectivity index (χ2n) is 7.30. The quantitative estimate of drug-likeness (QED) is 0.646. The summed E-state index contributed by atoms with van der Waals surface area (Å²) in [5, 5.41) is 3.26. The minimum atomic E-state index is -0.391. The van der Waals surface area contributed by atoms with Crippen molar-refractivity contribution in [1.29, 1.82) is 0 Å². The molecule has 1 N–H and O–H groups in total. The van der Waals surface area contributed by atoms with Gasteiger partial charge in [0.25, 0.3) is 10.9 Å². The summed E-state index contributed by atoms with van der Waals surface area (Å²) in [6.07, 6.45) is 7.01. The van der Waals surface area contributed by atoms with Crippen LogP contribution in [0.2, 0.25) is 0 Å². The average Bonchev–Trinajstić information content (AvgIpc) is 3.20. The van der Waals surface area contributed by atoms with Gasteiger partial charge in [-0.05, 0) is 30.6 Å². The third-order valence-corrected chi connectivity index (χ3v) is 5.88. The van der Waals surface area contributed by atoms with Crippen molar-refractivity contribution in [2.24, 2.45) is 17.8 Å². The number of amides is 1. The van der Waals surface area contributed by atoms with E-state index in [9.17, 15) is 14.4 Å². The molecular formula is C18H23N3O3. The van der Waals surface area contributed by atoms with Crippen LogP contribution in [-0.4, -0.2) is 43.5 Å². The molecule has 128 valence electrons. The Bertz CT molecular complexity index is 754. The number of nitrogens with one attached hydrogen (secondary N) is 1. The standard InChI is InChI=1S/C18H23N3O3/c1-11(22)20-4-6-21(7-5-20)16-15(17(23)18(16)24)19-10-14-9-12-2-3-13(14)8-12/h2-3,12-14,19H,4-10H2,1H3/t12-,13-,14+/m0/s1. The van der Waals surface area contributed by atoms with Crippen LogP contribution in [-0.2, 0) is 4.79 Å². The van der Waals surface area contributed by atoms with Crippen LogP contribution in [0, 0.1) is 17.8 Å². The summed E-state index contributed by atoms with van der Waals surface area (Å²) in [5.41, 5.74) is 0.240. The molecule has 1 aliphatic heterocycles. The summed E-state index contributed by atoms with van der Waals surface area (Å²) in [4.78, 5) is 39.1. The Labute approximate surface area is 140 Å². The molecule has 2 aliphatic carbocycles. The largest absolute Gasteiger partial charge is 0.380 e. The zero-order chi connectivity index (χ0) is 16.8. The lowest BCUT2D eigenvalue weighted by Gasteiger charge is -2.36. The minimum Gasteiger partial charge on any atom is -0.380 e. The van der Waals surface area contributed by atoms with Gasteiger partial charge < -0.3 is 15.1 Å². The van der Waals surface area contributed by atoms with Crippen LogP contribution in [0.4, 0.5) is 11.4 Å². The molecule has 3 atom stereocenters. The van der Waals surface area contributed by atoms with Gasteiger partial charge in [0.1, 0.15) is 11.4 Å². The normalized spacial score (nSPS) is 28.8. The molecule has 1 aromatic rings. The van der Waals surface area contributed by atoms with E-state index in [2.05, 4.69) is 17.5 Å². The first-order valence-electron chi connectivity index (χ1n) is 8.80. The van der Waals surface area contributed by atoms with Crippen LogP contribution in [0.5, 0.6) is 0 Å². The molecule has 1 saturated carbocycles. The zero-order valence-corrected chi connectivity index (χ0v) is 14.0. The van der Waals surface area contributed by atoms with Gasteiger partial charge in [0.2, 0.25) is 5.91 Å². The Morgan fingerprint density at radius 1 is 1.12 bits per heavy atom. The smallest absolute Gasteiger partial charge is 0.253 e. The summed E-state index contributed by atoms with van der Waals surface area (Å²) >= 11 is 0. The summed E-state index contributed by atoms with van der Waals surface area (Å²) in [6.45, 7) is 4.74. The number of allylic oxidation sites excluding steroid dienone is 2. The Hall–Kier alpha value is -2.11. The third-order valence-electron chi connectivity index (χ3n) is 5.88. The van der Waals surface area contributed by atoms with Gasteiger partial charge in [0, 0.05) is 39.6 Å². The summed E-state index contributed by atoms with van der Waals surface area (Å²) in [6, 6.07) is 0. The second-order valence-corrected chi connectivity index (χ2v) is 7.30. The van der Waals surface area contributed by atoms with E-state index in [0.717, 1.165) is 6.54 Å². The molecule has 2 fully saturated rings. The number of hydrogen-bond acceptors (Lipinski definition) is 5. The lowest BCUT2D eigenvalue weighted by Crippen LogP contribution is -2.52. The number of carbonyl (C=O) groups excluding carboxylic acids is 1. The monoisotopic (exact) mass is 329 g/mol. The van der Waals surface area contributed by atoms with Crippen molar-refractivity contribution in [3.8, 4) is 0 Å². The van der Waals surface area contributed by atoms with Crippen LogP contribution < -0.4 is 21.1 Å². The molecule has 2 bridgehead atoms. The van der Waals surface area contributed by atoms with Gasteiger partial charge in [-0.15, -0.1) is 0 Å². The van der Waals surface area contributed by atoms with Crippen LogP contribution in [0.1, 0.15) is 19.8 Å². The van der Waals surface area contributed by atoms with Crippen molar-refractivity contribution >= 4 is 17.3 Å². The van der Waals surface area contributed by atoms with Gasteiger partial charge in [-0.2, -0.15) is 0 Å². The molecule has 6 heteroatoms. The molecule has 1 saturated heterocycles. The van der Waals surface area contributed by atoms with E-state index in [4.69, 9.17) is 0 Å². The number of hydrogen-bond donors (Lipinski definition) is 1. The number of anilines is 2. The van der Waals surface area contributed by atoms with Gasteiger partial charge in [-0.25, -0.2) is 0 Å². The fraction of sp³-hybridized carbons (Fsp3) is 0.611. The SMILES string of the molecule is CC(=O)N1CCN(c2c(NC[C@H]3C[C@H]4C=C[C@H]3C4)c(=O)c2=O)CC1. The minimum absolute atomic E-state index is 0.0577. The van der Waals surface area contributed by atoms with Gasteiger partial charge in [0.05, 0.1) is 0 Å². The van der Waals surface area contributed by atoms with E-state index < -0.39 is 5.43 Å². The molecule has 3 aliphatic rings. The first-order valence-corrected chi connectivity index (χ1v) is 8.80. The van der Waals surface area contributed by atoms with Crippen molar-refractivity contribution < 1.29 is 4.79 Å². The van der Waals surface area contributed by atoms with Crippen LogP contribution >= 0.6 is 0 Å². The fourth-order valence-electron chi connectivity index (χ4n) is 4.45. The molecular weight excluding hydrogens is 306 g/mol. The Morgan fingerprint density at radius 2 is 1.88 bits per heavy atom. The predicted molar refractivity (Wildman–Crippen MR) is 93.2 cm³/mol. The van der Waals surface area contributed by atoms with Gasteiger partial charge >= 0.3 is 0 Å². The molecule has 0 unspecified atom stereocenters. The molecule has 0 aromatic heterocycles. The van der Waals surface area contributed by atoms with E-state index in [0.29, 0.717) is 55.3 Å². The van der Waals surface area contributed by atoms with Gasteiger partial charge in [-0.1, -0.05) is 12.2 Å². The number of fused-ring (bicyclic) bond motifs is 2. The first kappa shape index (κ1) is 15.4. The molecule has 1 aromatic carbocycles. The van der Waals surface area contributed by atoms with Crippen LogP contribution in [0.3, 0.4) is 0 Å². The Balaban J connectivity index is 1.41. The molecule has 24 heavy (non-hydrogen) atoms. The Morgan fingerprint density at radius 3 is 2.46 bits per heavy atom. The highest BCUT2D eigenvalue weighted by Gasteiger charge is 2.36. The van der Waals surface area contributed by atoms with Crippen molar-refractivity contribution in [2.75, 3.05) is 42.9 Å². The predicted octanol–water partition coefficient (Wildman–Crippen LogP) is 0.575. The molecule has 0 radical (unpaired) electrons. The van der Waals surface area contributed by atoms with E-state index in [1.807, 2.05) is 4.90 Å². The number of carbonyl (C=O) groups is 1. The van der Waals surface area contributed by atoms with E-state index in [1.54, 1.807) is 11.8 Å². The zero-order valence-electron chi connectivity index (χ0n) is 14.0. The molecule has 1 heterocycles. The maximum Gasteiger partial charge on any atom is 0.253 e. The molecule has 6 nitrogen and oxygen atoms in total. The summed E-state index contributed by atoms with van der Waals surface area (Å²) in [7, 11) is 0. The van der Waals surface area contributed by atoms with Gasteiger partial charge in [0.15, 0.2) is 0 Å². The highest BCUT2D eigenvalue weighted by molar-refractivity contribution is 5.77. The number of nitrogens with zero attached hydrogens (tertiary/aromatic N) is 2. The lowest BCUT2D eigenvalue weighted by atomic mass is 9.93. The van der Waals surface area contributed by atoms with Crippen molar-refractivity contribution in [3.05, 3.63) is 32.6 Å². The second kappa shape index (κ2) is 5.76. The number of rotatable bonds is 4. The lowest BCUT2D eigenvalue weighted by molar-refractivity contribution is -0.129. The maximum atomic E-state index is 12.0. The Kier molecular flexibility index (Phi) is 3.70. The van der Waals surface area contributed by atoms with Crippen molar-refractivity contribution in [2.45, 2.75) is 19.8 Å². The van der Waals surface area contributed by atoms with Crippen molar-refractivity contribution in [1.82, 2.24) is 4.90 Å². The number of piperazine rings is 1. The van der Waals surface area contributed by atoms with E-state index >= 15 is 0 Å².